The highest BCUT2D eigenvalue weighted by Gasteiger charge is 2.56. The maximum absolute atomic E-state index is 11.7. The van der Waals surface area contributed by atoms with E-state index >= 15 is 0 Å². The van der Waals surface area contributed by atoms with Crippen LogP contribution in [0.5, 0.6) is 0 Å². The highest BCUT2D eigenvalue weighted by atomic mass is 16.1. The predicted octanol–water partition coefficient (Wildman–Crippen LogP) is 4.07. The van der Waals surface area contributed by atoms with Crippen molar-refractivity contribution in [2.75, 3.05) is 0 Å². The Kier molecular flexibility index (Phi) is 3.19. The Balaban J connectivity index is 1.74. The molecule has 0 radical (unpaired) electrons. The van der Waals surface area contributed by atoms with Gasteiger partial charge in [-0.15, -0.1) is 0 Å². The van der Waals surface area contributed by atoms with Crippen molar-refractivity contribution < 1.29 is 9.59 Å². The molecule has 6 atom stereocenters. The van der Waals surface area contributed by atoms with Crippen LogP contribution >= 0.6 is 0 Å². The van der Waals surface area contributed by atoms with E-state index < -0.39 is 0 Å². The summed E-state index contributed by atoms with van der Waals surface area (Å²) in [6.45, 7) is 4.67. The second kappa shape index (κ2) is 4.92. The number of fused-ring (bicyclic) bond motifs is 5. The van der Waals surface area contributed by atoms with Gasteiger partial charge in [0, 0.05) is 11.5 Å². The molecule has 0 spiro atoms. The van der Waals surface area contributed by atoms with Crippen molar-refractivity contribution in [2.24, 2.45) is 34.5 Å². The van der Waals surface area contributed by atoms with Crippen LogP contribution in [0.4, 0.5) is 0 Å². The lowest BCUT2D eigenvalue weighted by atomic mass is 9.49. The van der Waals surface area contributed by atoms with Crippen molar-refractivity contribution in [1.82, 2.24) is 0 Å². The van der Waals surface area contributed by atoms with Crippen LogP contribution in [0.3, 0.4) is 0 Å². The zero-order valence-corrected chi connectivity index (χ0v) is 13.9. The maximum atomic E-state index is 11.7. The molecule has 0 unspecified atom stereocenters. The van der Waals surface area contributed by atoms with Crippen LogP contribution in [-0.2, 0) is 9.59 Å². The molecule has 2 nitrogen and oxygen atoms in total. The highest BCUT2D eigenvalue weighted by Crippen LogP contribution is 2.64. The molecule has 0 aromatic rings. The summed E-state index contributed by atoms with van der Waals surface area (Å²) in [6.07, 6.45) is 16.7. The Morgan fingerprint density at radius 3 is 2.78 bits per heavy atom. The van der Waals surface area contributed by atoms with Crippen LogP contribution in [-0.4, -0.2) is 11.7 Å². The van der Waals surface area contributed by atoms with Crippen molar-refractivity contribution in [3.05, 3.63) is 42.0 Å². The molecule has 4 aliphatic carbocycles. The molecule has 0 aromatic carbocycles. The Labute approximate surface area is 138 Å². The molecule has 4 rings (SSSR count). The van der Waals surface area contributed by atoms with Gasteiger partial charge in [0.15, 0.2) is 5.78 Å². The molecular weight excluding hydrogens is 284 g/mol. The Hall–Kier alpha value is -1.66. The van der Waals surface area contributed by atoms with Crippen molar-refractivity contribution >= 4 is 11.7 Å². The minimum absolute atomic E-state index is 0.00670. The van der Waals surface area contributed by atoms with Gasteiger partial charge in [0.2, 0.25) is 0 Å². The minimum atomic E-state index is -0.00670. The molecule has 2 heteroatoms. The van der Waals surface area contributed by atoms with E-state index in [1.54, 1.807) is 12.2 Å². The van der Waals surface area contributed by atoms with Gasteiger partial charge in [0.1, 0.15) is 5.94 Å². The number of hydrogen-bond acceptors (Lipinski definition) is 2. The van der Waals surface area contributed by atoms with Crippen LogP contribution in [0.15, 0.2) is 42.0 Å². The van der Waals surface area contributed by atoms with E-state index in [1.807, 2.05) is 12.0 Å². The molecule has 120 valence electrons. The van der Waals surface area contributed by atoms with E-state index in [0.29, 0.717) is 23.7 Å². The first kappa shape index (κ1) is 14.9. The standard InChI is InChI=1S/C21H24O2/c1-20-11-8-19-17(18(20)6-4-14(20)9-12-22)5-3-15-13-16(23)7-10-21(15,19)2/h3,5,7,9-10,13-14,17-19H,4,6,8,11H2,1-2H3/t14-,17-,18-,19-,20+,21-/m0/s1. The summed E-state index contributed by atoms with van der Waals surface area (Å²) in [5.41, 5.74) is 1.40. The maximum Gasteiger partial charge on any atom is 0.178 e. The Morgan fingerprint density at radius 2 is 2.00 bits per heavy atom. The molecule has 4 aliphatic rings. The number of carbonyl (C=O) groups excluding carboxylic acids is 2. The number of allylic oxidation sites excluding steroid dienone is 7. The van der Waals surface area contributed by atoms with E-state index in [2.05, 4.69) is 32.1 Å². The summed E-state index contributed by atoms with van der Waals surface area (Å²) in [5.74, 6) is 4.30. The average molecular weight is 308 g/mol. The Bertz CT molecular complexity index is 691. The van der Waals surface area contributed by atoms with Gasteiger partial charge in [-0.05, 0) is 72.5 Å². The summed E-state index contributed by atoms with van der Waals surface area (Å²) >= 11 is 0. The van der Waals surface area contributed by atoms with E-state index in [0.717, 1.165) is 12.8 Å². The lowest BCUT2D eigenvalue weighted by molar-refractivity contribution is -0.110. The number of rotatable bonds is 1. The van der Waals surface area contributed by atoms with Gasteiger partial charge in [-0.2, -0.15) is 0 Å². The number of carbonyl (C=O) groups is 1. The van der Waals surface area contributed by atoms with Crippen LogP contribution in [0, 0.1) is 34.5 Å². The first-order valence-corrected chi connectivity index (χ1v) is 8.83. The fraction of sp³-hybridized carbons (Fsp3) is 0.571. The summed E-state index contributed by atoms with van der Waals surface area (Å²) in [6, 6.07) is 0. The summed E-state index contributed by atoms with van der Waals surface area (Å²) in [7, 11) is 0. The molecule has 0 saturated heterocycles. The van der Waals surface area contributed by atoms with Crippen molar-refractivity contribution in [1.29, 1.82) is 0 Å². The lowest BCUT2D eigenvalue weighted by Crippen LogP contribution is -2.47. The molecular formula is C21H24O2. The fourth-order valence-electron chi connectivity index (χ4n) is 6.05. The molecule has 23 heavy (non-hydrogen) atoms. The zero-order chi connectivity index (χ0) is 16.2. The molecule has 0 aromatic heterocycles. The quantitative estimate of drug-likeness (QED) is 0.684. The molecule has 0 aliphatic heterocycles. The number of ketones is 1. The van der Waals surface area contributed by atoms with Gasteiger partial charge >= 0.3 is 0 Å². The third-order valence-corrected chi connectivity index (χ3v) is 7.46. The van der Waals surface area contributed by atoms with Gasteiger partial charge in [-0.1, -0.05) is 32.1 Å². The highest BCUT2D eigenvalue weighted by molar-refractivity contribution is 6.01. The largest absolute Gasteiger partial charge is 0.290 e. The normalized spacial score (nSPS) is 47.2. The SMILES string of the molecule is C[C@]12CC[C@H]3[C@@H](C=CC4=CC(=O)C=C[C@@]43C)[C@@H]1CC[C@H]2C=C=O. The first-order valence-electron chi connectivity index (χ1n) is 8.83. The predicted molar refractivity (Wildman–Crippen MR) is 90.3 cm³/mol. The first-order chi connectivity index (χ1) is 11.0. The van der Waals surface area contributed by atoms with Crippen molar-refractivity contribution in [2.45, 2.75) is 39.5 Å². The molecule has 0 bridgehead atoms. The summed E-state index contributed by atoms with van der Waals surface area (Å²) < 4.78 is 0. The molecule has 0 heterocycles. The van der Waals surface area contributed by atoms with Crippen molar-refractivity contribution in [3.8, 4) is 0 Å². The van der Waals surface area contributed by atoms with Gasteiger partial charge in [0.25, 0.3) is 0 Å². The van der Waals surface area contributed by atoms with Gasteiger partial charge in [-0.25, -0.2) is 4.79 Å². The lowest BCUT2D eigenvalue weighted by Gasteiger charge is -2.54. The van der Waals surface area contributed by atoms with Gasteiger partial charge in [-0.3, -0.25) is 4.79 Å². The van der Waals surface area contributed by atoms with Gasteiger partial charge < -0.3 is 0 Å². The second-order valence-electron chi connectivity index (χ2n) is 8.28. The van der Waals surface area contributed by atoms with Crippen LogP contribution in [0.2, 0.25) is 0 Å². The van der Waals surface area contributed by atoms with Gasteiger partial charge in [0.05, 0.1) is 0 Å². The molecule has 2 fully saturated rings. The molecule has 0 amide bonds. The third-order valence-electron chi connectivity index (χ3n) is 7.46. The van der Waals surface area contributed by atoms with Crippen LogP contribution < -0.4 is 0 Å². The zero-order valence-electron chi connectivity index (χ0n) is 13.9. The summed E-state index contributed by atoms with van der Waals surface area (Å²) in [5, 5.41) is 0. The number of hydrogen-bond donors (Lipinski definition) is 0. The van der Waals surface area contributed by atoms with Crippen LogP contribution in [0.1, 0.15) is 39.5 Å². The Morgan fingerprint density at radius 1 is 1.17 bits per heavy atom. The second-order valence-corrected chi connectivity index (χ2v) is 8.28. The monoisotopic (exact) mass is 308 g/mol. The topological polar surface area (TPSA) is 34.1 Å². The smallest absolute Gasteiger partial charge is 0.178 e. The van der Waals surface area contributed by atoms with E-state index in [4.69, 9.17) is 0 Å². The average Bonchev–Trinajstić information content (AvgIpc) is 2.85. The van der Waals surface area contributed by atoms with E-state index in [-0.39, 0.29) is 16.6 Å². The minimum Gasteiger partial charge on any atom is -0.290 e. The van der Waals surface area contributed by atoms with Crippen molar-refractivity contribution in [3.63, 3.8) is 0 Å². The molecule has 2 saturated carbocycles. The summed E-state index contributed by atoms with van der Waals surface area (Å²) in [4.78, 5) is 22.6. The molecule has 0 N–H and O–H groups in total. The van der Waals surface area contributed by atoms with E-state index in [1.165, 1.54) is 18.4 Å². The fourth-order valence-corrected chi connectivity index (χ4v) is 6.05. The van der Waals surface area contributed by atoms with E-state index in [9.17, 15) is 9.59 Å². The third kappa shape index (κ3) is 1.94. The van der Waals surface area contributed by atoms with Crippen LogP contribution in [0.25, 0.3) is 0 Å².